The fourth-order valence-electron chi connectivity index (χ4n) is 3.88. The second kappa shape index (κ2) is 11.2. The average molecular weight is 412 g/mol. The van der Waals surface area contributed by atoms with Gasteiger partial charge in [-0.1, -0.05) is 81.1 Å². The number of rotatable bonds is 7. The minimum Gasteiger partial charge on any atom is -0.364 e. The summed E-state index contributed by atoms with van der Waals surface area (Å²) in [5, 5.41) is 2.57. The Morgan fingerprint density at radius 1 is 1.16 bits per heavy atom. The van der Waals surface area contributed by atoms with Gasteiger partial charge in [-0.2, -0.15) is 0 Å². The maximum absolute atomic E-state index is 4.55. The number of H-pyrrole nitrogens is 1. The van der Waals surface area contributed by atoms with E-state index in [1.807, 2.05) is 26.3 Å². The largest absolute Gasteiger partial charge is 0.364 e. The lowest BCUT2D eigenvalue weighted by atomic mass is 10.0. The second-order valence-electron chi connectivity index (χ2n) is 7.44. The molecule has 0 spiro atoms. The summed E-state index contributed by atoms with van der Waals surface area (Å²) in [6.07, 6.45) is 13.0. The van der Waals surface area contributed by atoms with Crippen molar-refractivity contribution in [3.8, 4) is 0 Å². The van der Waals surface area contributed by atoms with Crippen LogP contribution in [-0.2, 0) is 13.0 Å². The van der Waals surface area contributed by atoms with Gasteiger partial charge in [0.2, 0.25) is 0 Å². The van der Waals surface area contributed by atoms with Crippen molar-refractivity contribution in [2.24, 2.45) is 4.99 Å². The number of nitrogens with zero attached hydrogens (tertiary/aromatic N) is 2. The van der Waals surface area contributed by atoms with Crippen molar-refractivity contribution in [1.29, 1.82) is 0 Å². The van der Waals surface area contributed by atoms with Crippen LogP contribution >= 0.6 is 0 Å². The highest BCUT2D eigenvalue weighted by atomic mass is 15.2. The van der Waals surface area contributed by atoms with Gasteiger partial charge in [0.15, 0.2) is 0 Å². The lowest BCUT2D eigenvalue weighted by Gasteiger charge is -2.24. The van der Waals surface area contributed by atoms with Crippen LogP contribution in [-0.4, -0.2) is 28.8 Å². The third-order valence-corrected chi connectivity index (χ3v) is 5.45. The highest BCUT2D eigenvalue weighted by Crippen LogP contribution is 2.22. The quantitative estimate of drug-likeness (QED) is 0.426. The van der Waals surface area contributed by atoms with E-state index in [-0.39, 0.29) is 0 Å². The molecule has 1 aromatic heterocycles. The van der Waals surface area contributed by atoms with Crippen molar-refractivity contribution in [3.63, 3.8) is 0 Å². The van der Waals surface area contributed by atoms with E-state index in [0.717, 1.165) is 19.5 Å². The molecule has 2 heterocycles. The van der Waals surface area contributed by atoms with Crippen LogP contribution in [0.2, 0.25) is 0 Å². The maximum atomic E-state index is 4.55. The lowest BCUT2D eigenvalue weighted by Crippen LogP contribution is -2.33. The number of benzene rings is 2. The van der Waals surface area contributed by atoms with Gasteiger partial charge in [0.05, 0.1) is 18.9 Å². The Morgan fingerprint density at radius 3 is 2.74 bits per heavy atom. The molecule has 1 N–H and O–H groups in total. The van der Waals surface area contributed by atoms with Crippen LogP contribution in [0.4, 0.5) is 0 Å². The summed E-state index contributed by atoms with van der Waals surface area (Å²) >= 11 is 0. The molecule has 3 nitrogen and oxygen atoms in total. The number of aromatic nitrogens is 1. The normalized spacial score (nSPS) is 16.0. The molecule has 0 bridgehead atoms. The highest BCUT2D eigenvalue weighted by Gasteiger charge is 2.21. The fraction of sp³-hybridized carbons (Fsp3) is 0.250. The zero-order valence-electron chi connectivity index (χ0n) is 18.9. The summed E-state index contributed by atoms with van der Waals surface area (Å²) in [4.78, 5) is 10.4. The molecule has 1 unspecified atom stereocenters. The van der Waals surface area contributed by atoms with Crippen LogP contribution in [0.15, 0.2) is 90.6 Å². The maximum Gasteiger partial charge on any atom is 0.0857 e. The van der Waals surface area contributed by atoms with Crippen molar-refractivity contribution in [1.82, 2.24) is 9.88 Å². The Bertz CT molecular complexity index is 1080. The molecular weight excluding hydrogens is 378 g/mol. The molecule has 0 fully saturated rings. The van der Waals surface area contributed by atoms with E-state index in [0.29, 0.717) is 6.04 Å². The van der Waals surface area contributed by atoms with Crippen LogP contribution in [0, 0.1) is 0 Å². The van der Waals surface area contributed by atoms with Gasteiger partial charge < -0.3 is 9.88 Å². The smallest absolute Gasteiger partial charge is 0.0857 e. The number of aromatic amines is 1. The van der Waals surface area contributed by atoms with E-state index in [9.17, 15) is 0 Å². The van der Waals surface area contributed by atoms with E-state index < -0.39 is 0 Å². The third kappa shape index (κ3) is 5.64. The Morgan fingerprint density at radius 2 is 1.97 bits per heavy atom. The number of hydrogen-bond acceptors (Lipinski definition) is 2. The molecule has 1 aliphatic rings. The fourth-order valence-corrected chi connectivity index (χ4v) is 3.88. The van der Waals surface area contributed by atoms with Gasteiger partial charge in [-0.25, -0.2) is 0 Å². The zero-order chi connectivity index (χ0) is 22.1. The van der Waals surface area contributed by atoms with Crippen LogP contribution in [0.5, 0.6) is 0 Å². The summed E-state index contributed by atoms with van der Waals surface area (Å²) in [5.74, 6) is 0. The molecule has 3 heteroatoms. The van der Waals surface area contributed by atoms with Crippen LogP contribution in [0.1, 0.15) is 37.6 Å². The highest BCUT2D eigenvalue weighted by molar-refractivity contribution is 5.83. The molecular formula is C28H33N3. The number of fused-ring (bicyclic) bond motifs is 1. The van der Waals surface area contributed by atoms with Gasteiger partial charge in [-0.15, -0.1) is 0 Å². The SMILES string of the molecule is C=C/C=C\C(=C/C)c1c[nH]c(CC2CN=CN2Cc2ccc3ccccc3c2)c1.CC. The van der Waals surface area contributed by atoms with Crippen LogP contribution in [0.25, 0.3) is 16.3 Å². The lowest BCUT2D eigenvalue weighted by molar-refractivity contribution is 0.340. The average Bonchev–Trinajstić information content (AvgIpc) is 3.46. The summed E-state index contributed by atoms with van der Waals surface area (Å²) < 4.78 is 0. The van der Waals surface area contributed by atoms with Crippen molar-refractivity contribution < 1.29 is 0 Å². The van der Waals surface area contributed by atoms with E-state index in [2.05, 4.69) is 95.3 Å². The molecule has 1 atom stereocenters. The van der Waals surface area contributed by atoms with E-state index in [1.165, 1.54) is 33.2 Å². The molecule has 0 aliphatic carbocycles. The molecule has 0 radical (unpaired) electrons. The molecule has 0 amide bonds. The van der Waals surface area contributed by atoms with Gasteiger partial charge in [0.1, 0.15) is 0 Å². The van der Waals surface area contributed by atoms with E-state index in [4.69, 9.17) is 0 Å². The molecule has 3 aromatic rings. The Balaban J connectivity index is 0.00000132. The number of hydrogen-bond donors (Lipinski definition) is 1. The monoisotopic (exact) mass is 411 g/mol. The number of allylic oxidation sites excluding steroid dienone is 5. The van der Waals surface area contributed by atoms with Crippen molar-refractivity contribution in [3.05, 3.63) is 102 Å². The van der Waals surface area contributed by atoms with Crippen LogP contribution < -0.4 is 0 Å². The van der Waals surface area contributed by atoms with Crippen molar-refractivity contribution in [2.45, 2.75) is 39.8 Å². The molecule has 1 aliphatic heterocycles. The molecule has 31 heavy (non-hydrogen) atoms. The molecule has 0 saturated carbocycles. The van der Waals surface area contributed by atoms with Gasteiger partial charge >= 0.3 is 0 Å². The predicted octanol–water partition coefficient (Wildman–Crippen LogP) is 6.79. The standard InChI is InChI=1S/C26H27N3.C2H6/c1-3-5-8-21(4-2)24-14-25(28-16-24)15-26-17-27-19-29(26)18-20-11-12-22-9-6-7-10-23(22)13-20;1-2/h3-14,16,19,26,28H,1,15,17-18H2,2H3;1-2H3/b8-5-,21-4+;. The minimum absolute atomic E-state index is 0.380. The topological polar surface area (TPSA) is 31.4 Å². The summed E-state index contributed by atoms with van der Waals surface area (Å²) in [5.41, 5.74) is 4.97. The van der Waals surface area contributed by atoms with E-state index in [1.54, 1.807) is 6.08 Å². The first-order valence-electron chi connectivity index (χ1n) is 11.1. The van der Waals surface area contributed by atoms with Gasteiger partial charge in [-0.05, 0) is 46.5 Å². The second-order valence-corrected chi connectivity index (χ2v) is 7.44. The molecule has 160 valence electrons. The van der Waals surface area contributed by atoms with Crippen molar-refractivity contribution in [2.75, 3.05) is 6.54 Å². The van der Waals surface area contributed by atoms with Crippen LogP contribution in [0.3, 0.4) is 0 Å². The van der Waals surface area contributed by atoms with Crippen molar-refractivity contribution >= 4 is 22.7 Å². The molecule has 2 aromatic carbocycles. The minimum atomic E-state index is 0.380. The Hall–Kier alpha value is -3.33. The first kappa shape index (κ1) is 22.4. The van der Waals surface area contributed by atoms with Gasteiger partial charge in [-0.3, -0.25) is 4.99 Å². The molecule has 4 rings (SSSR count). The Labute approximate surface area is 186 Å². The van der Waals surface area contributed by atoms with E-state index >= 15 is 0 Å². The first-order valence-corrected chi connectivity index (χ1v) is 11.1. The summed E-state index contributed by atoms with van der Waals surface area (Å²) in [6.45, 7) is 11.5. The third-order valence-electron chi connectivity index (χ3n) is 5.45. The zero-order valence-corrected chi connectivity index (χ0v) is 18.9. The first-order chi connectivity index (χ1) is 15.3. The molecule has 0 saturated heterocycles. The predicted molar refractivity (Wildman–Crippen MR) is 135 cm³/mol. The Kier molecular flexibility index (Phi) is 8.05. The van der Waals surface area contributed by atoms with Gasteiger partial charge in [0.25, 0.3) is 0 Å². The number of aliphatic imine (C=N–C) groups is 1. The number of nitrogens with one attached hydrogen (secondary N) is 1. The van der Waals surface area contributed by atoms with Gasteiger partial charge in [0, 0.05) is 24.9 Å². The summed E-state index contributed by atoms with van der Waals surface area (Å²) in [6, 6.07) is 17.9. The summed E-state index contributed by atoms with van der Waals surface area (Å²) in [7, 11) is 0.